The van der Waals surface area contributed by atoms with Gasteiger partial charge in [-0.15, -0.1) is 0 Å². The van der Waals surface area contributed by atoms with Gasteiger partial charge in [0.15, 0.2) is 0 Å². The first-order chi connectivity index (χ1) is 6.97. The molecule has 0 aliphatic carbocycles. The Morgan fingerprint density at radius 1 is 1.27 bits per heavy atom. The van der Waals surface area contributed by atoms with Crippen LogP contribution in [0.2, 0.25) is 0 Å². The first-order valence-electron chi connectivity index (χ1n) is 4.59. The van der Waals surface area contributed by atoms with Crippen molar-refractivity contribution in [1.29, 1.82) is 0 Å². The van der Waals surface area contributed by atoms with Crippen molar-refractivity contribution in [3.63, 3.8) is 0 Å². The third-order valence-electron chi connectivity index (χ3n) is 1.97. The third-order valence-corrected chi connectivity index (χ3v) is 1.97. The van der Waals surface area contributed by atoms with Gasteiger partial charge >= 0.3 is 6.18 Å². The van der Waals surface area contributed by atoms with E-state index in [9.17, 15) is 13.2 Å². The van der Waals surface area contributed by atoms with E-state index < -0.39 is 12.0 Å². The molecule has 0 atom stereocenters. The molecule has 0 aliphatic rings. The summed E-state index contributed by atoms with van der Waals surface area (Å²) < 4.78 is 40.8. The topological polar surface area (TPSA) is 42.2 Å². The van der Waals surface area contributed by atoms with Crippen LogP contribution in [0.5, 0.6) is 0 Å². The zero-order valence-electron chi connectivity index (χ0n) is 8.51. The molecular formula is C8H12F3N3O. The third kappa shape index (κ3) is 3.19. The predicted molar refractivity (Wildman–Crippen MR) is 45.9 cm³/mol. The van der Waals surface area contributed by atoms with Crippen LogP contribution in [-0.2, 0) is 12.7 Å². The minimum absolute atomic E-state index is 0.00831. The molecule has 0 radical (unpaired) electrons. The van der Waals surface area contributed by atoms with Crippen molar-refractivity contribution in [2.75, 3.05) is 13.1 Å². The van der Waals surface area contributed by atoms with Crippen LogP contribution in [0.4, 0.5) is 13.2 Å². The van der Waals surface area contributed by atoms with Gasteiger partial charge in [-0.1, -0.05) is 19.0 Å². The van der Waals surface area contributed by atoms with Crippen LogP contribution in [-0.4, -0.2) is 28.1 Å². The molecule has 0 bridgehead atoms. The summed E-state index contributed by atoms with van der Waals surface area (Å²) in [6.45, 7) is 5.51. The van der Waals surface area contributed by atoms with Gasteiger partial charge in [0, 0.05) is 0 Å². The highest BCUT2D eigenvalue weighted by Gasteiger charge is 2.37. The molecule has 0 N–H and O–H groups in total. The molecule has 0 aromatic carbocycles. The molecule has 1 heterocycles. The number of halogens is 3. The zero-order chi connectivity index (χ0) is 11.5. The minimum atomic E-state index is -4.54. The molecule has 15 heavy (non-hydrogen) atoms. The van der Waals surface area contributed by atoms with E-state index in [4.69, 9.17) is 0 Å². The fourth-order valence-corrected chi connectivity index (χ4v) is 1.07. The Hall–Kier alpha value is -1.11. The van der Waals surface area contributed by atoms with Gasteiger partial charge in [0.05, 0.1) is 6.54 Å². The molecule has 1 aromatic heterocycles. The maximum atomic E-state index is 12.1. The first kappa shape index (κ1) is 12.0. The fourth-order valence-electron chi connectivity index (χ4n) is 1.07. The second-order valence-corrected chi connectivity index (χ2v) is 2.97. The van der Waals surface area contributed by atoms with Crippen LogP contribution in [0, 0.1) is 0 Å². The van der Waals surface area contributed by atoms with Gasteiger partial charge in [0.25, 0.3) is 5.82 Å². The molecule has 0 amide bonds. The van der Waals surface area contributed by atoms with Gasteiger partial charge < -0.3 is 4.52 Å². The Kier molecular flexibility index (Phi) is 3.67. The summed E-state index contributed by atoms with van der Waals surface area (Å²) in [5.74, 6) is -1.23. The Morgan fingerprint density at radius 3 is 2.27 bits per heavy atom. The predicted octanol–water partition coefficient (Wildman–Crippen LogP) is 1.93. The lowest BCUT2D eigenvalue weighted by atomic mass is 10.4. The van der Waals surface area contributed by atoms with Crippen LogP contribution in [0.25, 0.3) is 0 Å². The van der Waals surface area contributed by atoms with Crippen LogP contribution >= 0.6 is 0 Å². The van der Waals surface area contributed by atoms with Gasteiger partial charge in [-0.25, -0.2) is 0 Å². The van der Waals surface area contributed by atoms with Crippen LogP contribution in [0.3, 0.4) is 0 Å². The summed E-state index contributed by atoms with van der Waals surface area (Å²) in [6, 6.07) is 0. The second kappa shape index (κ2) is 4.61. The molecule has 0 unspecified atom stereocenters. The lowest BCUT2D eigenvalue weighted by Gasteiger charge is -2.14. The molecule has 0 saturated heterocycles. The Labute approximate surface area is 85.1 Å². The summed E-state index contributed by atoms with van der Waals surface area (Å²) in [5.41, 5.74) is 0. The lowest BCUT2D eigenvalue weighted by molar-refractivity contribution is -0.146. The monoisotopic (exact) mass is 223 g/mol. The molecular weight excluding hydrogens is 211 g/mol. The SMILES string of the molecule is CCN(CC)Cc1nc(C(F)(F)F)no1. The smallest absolute Gasteiger partial charge is 0.338 e. The normalized spacial score (nSPS) is 12.4. The summed E-state index contributed by atoms with van der Waals surface area (Å²) in [6.07, 6.45) is -4.54. The van der Waals surface area contributed by atoms with Crippen LogP contribution < -0.4 is 0 Å². The summed E-state index contributed by atoms with van der Waals surface area (Å²) >= 11 is 0. The number of alkyl halides is 3. The minimum Gasteiger partial charge on any atom is -0.338 e. The average molecular weight is 223 g/mol. The van der Waals surface area contributed by atoms with E-state index >= 15 is 0 Å². The molecule has 0 spiro atoms. The Morgan fingerprint density at radius 2 is 1.87 bits per heavy atom. The van der Waals surface area contributed by atoms with Gasteiger partial charge in [-0.3, -0.25) is 4.90 Å². The highest BCUT2D eigenvalue weighted by atomic mass is 19.4. The molecule has 0 fully saturated rings. The molecule has 0 saturated carbocycles. The van der Waals surface area contributed by atoms with Crippen molar-refractivity contribution in [1.82, 2.24) is 15.0 Å². The van der Waals surface area contributed by atoms with Crippen molar-refractivity contribution < 1.29 is 17.7 Å². The van der Waals surface area contributed by atoms with Crippen molar-refractivity contribution in [2.24, 2.45) is 0 Å². The maximum absolute atomic E-state index is 12.1. The molecule has 86 valence electrons. The number of aromatic nitrogens is 2. The van der Waals surface area contributed by atoms with E-state index in [0.717, 1.165) is 13.1 Å². The number of nitrogens with zero attached hydrogens (tertiary/aromatic N) is 3. The molecule has 0 aliphatic heterocycles. The van der Waals surface area contributed by atoms with E-state index in [0.29, 0.717) is 0 Å². The molecule has 1 rings (SSSR count). The molecule has 1 aromatic rings. The van der Waals surface area contributed by atoms with Crippen LogP contribution in [0.1, 0.15) is 25.6 Å². The van der Waals surface area contributed by atoms with Gasteiger partial charge in [-0.2, -0.15) is 18.2 Å². The van der Waals surface area contributed by atoms with E-state index in [2.05, 4.69) is 14.7 Å². The van der Waals surface area contributed by atoms with Gasteiger partial charge in [0.1, 0.15) is 0 Å². The highest BCUT2D eigenvalue weighted by Crippen LogP contribution is 2.26. The second-order valence-electron chi connectivity index (χ2n) is 2.97. The highest BCUT2D eigenvalue weighted by molar-refractivity contribution is 4.90. The number of hydrogen-bond donors (Lipinski definition) is 0. The van der Waals surface area contributed by atoms with Gasteiger partial charge in [-0.05, 0) is 13.1 Å². The average Bonchev–Trinajstić information content (AvgIpc) is 2.61. The van der Waals surface area contributed by atoms with Gasteiger partial charge in [0.2, 0.25) is 5.89 Å². The fraction of sp³-hybridized carbons (Fsp3) is 0.750. The Bertz CT molecular complexity index is 306. The maximum Gasteiger partial charge on any atom is 0.455 e. The first-order valence-corrected chi connectivity index (χ1v) is 4.59. The molecule has 4 nitrogen and oxygen atoms in total. The van der Waals surface area contributed by atoms with E-state index in [1.54, 1.807) is 0 Å². The van der Waals surface area contributed by atoms with E-state index in [-0.39, 0.29) is 12.4 Å². The van der Waals surface area contributed by atoms with Crippen molar-refractivity contribution >= 4 is 0 Å². The lowest BCUT2D eigenvalue weighted by Crippen LogP contribution is -2.22. The Balaban J connectivity index is 2.68. The summed E-state index contributed by atoms with van der Waals surface area (Å²) in [4.78, 5) is 5.16. The van der Waals surface area contributed by atoms with Crippen molar-refractivity contribution in [3.8, 4) is 0 Å². The largest absolute Gasteiger partial charge is 0.455 e. The van der Waals surface area contributed by atoms with Crippen molar-refractivity contribution in [2.45, 2.75) is 26.6 Å². The van der Waals surface area contributed by atoms with E-state index in [1.807, 2.05) is 18.7 Å². The van der Waals surface area contributed by atoms with Crippen LogP contribution in [0.15, 0.2) is 4.52 Å². The quantitative estimate of drug-likeness (QED) is 0.782. The van der Waals surface area contributed by atoms with E-state index in [1.165, 1.54) is 0 Å². The number of hydrogen-bond acceptors (Lipinski definition) is 4. The molecule has 7 heteroatoms. The number of rotatable bonds is 4. The summed E-state index contributed by atoms with van der Waals surface area (Å²) in [7, 11) is 0. The zero-order valence-corrected chi connectivity index (χ0v) is 8.51. The summed E-state index contributed by atoms with van der Waals surface area (Å²) in [5, 5.41) is 2.87. The standard InChI is InChI=1S/C8H12F3N3O/c1-3-14(4-2)5-6-12-7(13-15-6)8(9,10)11/h3-5H2,1-2H3. The van der Waals surface area contributed by atoms with Crippen molar-refractivity contribution in [3.05, 3.63) is 11.7 Å².